The Morgan fingerprint density at radius 2 is 1.43 bits per heavy atom. The molecule has 23 heavy (non-hydrogen) atoms. The van der Waals surface area contributed by atoms with Crippen molar-refractivity contribution in [2.75, 3.05) is 0 Å². The third-order valence-corrected chi connectivity index (χ3v) is 3.22. The zero-order chi connectivity index (χ0) is 16.9. The predicted molar refractivity (Wildman–Crippen MR) is 78.9 cm³/mol. The summed E-state index contributed by atoms with van der Waals surface area (Å²) >= 11 is 0. The second kappa shape index (κ2) is 7.09. The maximum Gasteiger partial charge on any atom is 0.452 e. The van der Waals surface area contributed by atoms with Gasteiger partial charge in [-0.15, -0.1) is 0 Å². The summed E-state index contributed by atoms with van der Waals surface area (Å²) < 4.78 is 38.3. The van der Waals surface area contributed by atoms with Gasteiger partial charge in [0, 0.05) is 12.0 Å². The maximum atomic E-state index is 12.8. The Labute approximate surface area is 131 Å². The Kier molecular flexibility index (Phi) is 5.16. The molecule has 120 valence electrons. The number of ketones is 1. The van der Waals surface area contributed by atoms with Crippen molar-refractivity contribution in [1.82, 2.24) is 5.32 Å². The normalized spacial score (nSPS) is 12.5. The fraction of sp³-hybridized carbons (Fsp3) is 0.176. The molecule has 0 spiro atoms. The van der Waals surface area contributed by atoms with Crippen LogP contribution in [0.15, 0.2) is 60.7 Å². The first kappa shape index (κ1) is 16.7. The largest absolute Gasteiger partial charge is 0.452 e. The number of hydrogen-bond acceptors (Lipinski definition) is 2. The lowest BCUT2D eigenvalue weighted by atomic mass is 10.0. The van der Waals surface area contributed by atoms with Gasteiger partial charge >= 0.3 is 6.18 Å². The van der Waals surface area contributed by atoms with E-state index < -0.39 is 23.9 Å². The number of Topliss-reactive ketones (excluding diaryl/α,β-unsaturated/α-hetero) is 1. The first-order chi connectivity index (χ1) is 10.9. The summed E-state index contributed by atoms with van der Waals surface area (Å²) in [6.07, 6.45) is -5.23. The highest BCUT2D eigenvalue weighted by Crippen LogP contribution is 2.20. The van der Waals surface area contributed by atoms with Gasteiger partial charge in [-0.3, -0.25) is 9.59 Å². The van der Waals surface area contributed by atoms with Crippen LogP contribution in [0.1, 0.15) is 15.9 Å². The monoisotopic (exact) mass is 321 g/mol. The highest BCUT2D eigenvalue weighted by atomic mass is 19.4. The summed E-state index contributed by atoms with van der Waals surface area (Å²) in [4.78, 5) is 23.6. The van der Waals surface area contributed by atoms with Gasteiger partial charge in [-0.1, -0.05) is 48.5 Å². The number of benzene rings is 2. The summed E-state index contributed by atoms with van der Waals surface area (Å²) in [5.74, 6) is -2.69. The molecule has 2 aromatic rings. The number of nitrogens with one attached hydrogen (secondary N) is 1. The van der Waals surface area contributed by atoms with Crippen LogP contribution in [0.4, 0.5) is 13.2 Å². The molecule has 0 radical (unpaired) electrons. The molecule has 6 heteroatoms. The van der Waals surface area contributed by atoms with Gasteiger partial charge in [0.1, 0.15) is 6.04 Å². The van der Waals surface area contributed by atoms with E-state index in [-0.39, 0.29) is 12.0 Å². The molecule has 0 aliphatic rings. The number of alkyl halides is 3. The number of halogens is 3. The molecular formula is C17H14F3NO2. The van der Waals surface area contributed by atoms with Crippen LogP contribution in [-0.2, 0) is 11.2 Å². The Balaban J connectivity index is 2.20. The predicted octanol–water partition coefficient (Wildman–Crippen LogP) is 3.16. The van der Waals surface area contributed by atoms with E-state index >= 15 is 0 Å². The van der Waals surface area contributed by atoms with Crippen molar-refractivity contribution >= 4 is 11.7 Å². The van der Waals surface area contributed by atoms with E-state index in [9.17, 15) is 22.8 Å². The van der Waals surface area contributed by atoms with Crippen molar-refractivity contribution in [3.63, 3.8) is 0 Å². The topological polar surface area (TPSA) is 46.2 Å². The van der Waals surface area contributed by atoms with E-state index in [1.165, 1.54) is 12.1 Å². The molecule has 1 amide bonds. The summed E-state index contributed by atoms with van der Waals surface area (Å²) in [7, 11) is 0. The molecule has 0 aromatic heterocycles. The summed E-state index contributed by atoms with van der Waals surface area (Å²) in [6, 6.07) is 14.4. The van der Waals surface area contributed by atoms with Crippen molar-refractivity contribution < 1.29 is 22.8 Å². The van der Waals surface area contributed by atoms with Crippen molar-refractivity contribution in [1.29, 1.82) is 0 Å². The van der Waals surface area contributed by atoms with Gasteiger partial charge in [0.25, 0.3) is 11.7 Å². The summed E-state index contributed by atoms with van der Waals surface area (Å²) in [5.41, 5.74) is 0.726. The minimum atomic E-state index is -5.01. The van der Waals surface area contributed by atoms with Gasteiger partial charge in [0.15, 0.2) is 0 Å². The van der Waals surface area contributed by atoms with Gasteiger partial charge in [0.05, 0.1) is 0 Å². The number of carbonyl (C=O) groups is 2. The van der Waals surface area contributed by atoms with Gasteiger partial charge in [-0.05, 0) is 17.7 Å². The number of amides is 1. The Morgan fingerprint density at radius 1 is 0.913 bits per heavy atom. The molecule has 2 aromatic carbocycles. The lowest BCUT2D eigenvalue weighted by Crippen LogP contribution is -2.48. The van der Waals surface area contributed by atoms with Gasteiger partial charge < -0.3 is 5.32 Å². The molecule has 1 N–H and O–H groups in total. The third-order valence-electron chi connectivity index (χ3n) is 3.22. The molecule has 0 fully saturated rings. The van der Waals surface area contributed by atoms with Gasteiger partial charge in [-0.25, -0.2) is 0 Å². The summed E-state index contributed by atoms with van der Waals surface area (Å²) in [6.45, 7) is 0. The minimum Gasteiger partial charge on any atom is -0.342 e. The second-order valence-electron chi connectivity index (χ2n) is 4.94. The molecule has 0 aliphatic heterocycles. The van der Waals surface area contributed by atoms with Crippen molar-refractivity contribution in [2.45, 2.75) is 18.6 Å². The number of rotatable bonds is 5. The molecule has 0 bridgehead atoms. The van der Waals surface area contributed by atoms with Gasteiger partial charge in [0.2, 0.25) is 0 Å². The molecule has 3 nitrogen and oxygen atoms in total. The van der Waals surface area contributed by atoms with E-state index in [0.29, 0.717) is 5.56 Å². The third kappa shape index (κ3) is 4.67. The molecule has 0 saturated heterocycles. The van der Waals surface area contributed by atoms with Crippen LogP contribution in [0.25, 0.3) is 0 Å². The van der Waals surface area contributed by atoms with Crippen molar-refractivity contribution in [3.8, 4) is 0 Å². The molecule has 0 heterocycles. The van der Waals surface area contributed by atoms with E-state index in [1.807, 2.05) is 0 Å². The van der Waals surface area contributed by atoms with E-state index in [4.69, 9.17) is 0 Å². The highest BCUT2D eigenvalue weighted by Gasteiger charge is 2.43. The highest BCUT2D eigenvalue weighted by molar-refractivity contribution is 5.99. The average Bonchev–Trinajstić information content (AvgIpc) is 2.54. The SMILES string of the molecule is O=C(NC(Cc1ccccc1)C(=O)C(F)(F)F)c1ccccc1. The smallest absolute Gasteiger partial charge is 0.342 e. The molecule has 2 rings (SSSR count). The fourth-order valence-corrected chi connectivity index (χ4v) is 2.09. The molecule has 0 aliphatic carbocycles. The molecular weight excluding hydrogens is 307 g/mol. The second-order valence-corrected chi connectivity index (χ2v) is 4.94. The van der Waals surface area contributed by atoms with Crippen LogP contribution < -0.4 is 5.32 Å². The Hall–Kier alpha value is -2.63. The fourth-order valence-electron chi connectivity index (χ4n) is 2.09. The Morgan fingerprint density at radius 3 is 1.96 bits per heavy atom. The quantitative estimate of drug-likeness (QED) is 0.919. The molecule has 1 unspecified atom stereocenters. The molecule has 1 atom stereocenters. The Bertz CT molecular complexity index is 669. The maximum absolute atomic E-state index is 12.8. The summed E-state index contributed by atoms with van der Waals surface area (Å²) in [5, 5.41) is 2.18. The van der Waals surface area contributed by atoms with Crippen LogP contribution in [0.3, 0.4) is 0 Å². The minimum absolute atomic E-state index is 0.195. The zero-order valence-corrected chi connectivity index (χ0v) is 12.0. The lowest BCUT2D eigenvalue weighted by molar-refractivity contribution is -0.173. The van der Waals surface area contributed by atoms with E-state index in [0.717, 1.165) is 0 Å². The lowest BCUT2D eigenvalue weighted by Gasteiger charge is -2.19. The number of hydrogen-bond donors (Lipinski definition) is 1. The molecule has 0 saturated carbocycles. The number of carbonyl (C=O) groups excluding carboxylic acids is 2. The first-order valence-electron chi connectivity index (χ1n) is 6.89. The standard InChI is InChI=1S/C17H14F3NO2/c18-17(19,20)15(22)14(11-12-7-3-1-4-8-12)21-16(23)13-9-5-2-6-10-13/h1-10,14H,11H2,(H,21,23). The van der Waals surface area contributed by atoms with Crippen molar-refractivity contribution in [2.24, 2.45) is 0 Å². The van der Waals surface area contributed by atoms with Crippen LogP contribution in [0.5, 0.6) is 0 Å². The zero-order valence-electron chi connectivity index (χ0n) is 12.0. The van der Waals surface area contributed by atoms with E-state index in [1.54, 1.807) is 48.5 Å². The average molecular weight is 321 g/mol. The van der Waals surface area contributed by atoms with E-state index in [2.05, 4.69) is 5.32 Å². The van der Waals surface area contributed by atoms with Crippen LogP contribution >= 0.6 is 0 Å². The first-order valence-corrected chi connectivity index (χ1v) is 6.89. The van der Waals surface area contributed by atoms with Gasteiger partial charge in [-0.2, -0.15) is 13.2 Å². The van der Waals surface area contributed by atoms with Crippen molar-refractivity contribution in [3.05, 3.63) is 71.8 Å². The van der Waals surface area contributed by atoms with Crippen LogP contribution in [0, 0.1) is 0 Å². The van der Waals surface area contributed by atoms with Crippen LogP contribution in [-0.4, -0.2) is 23.9 Å². The van der Waals surface area contributed by atoms with Crippen LogP contribution in [0.2, 0.25) is 0 Å².